The van der Waals surface area contributed by atoms with E-state index >= 15 is 0 Å². The van der Waals surface area contributed by atoms with Crippen molar-refractivity contribution in [3.63, 3.8) is 0 Å². The molecule has 2 unspecified atom stereocenters. The minimum Gasteiger partial charge on any atom is -0.399 e. The van der Waals surface area contributed by atoms with Gasteiger partial charge in [-0.05, 0) is 24.1 Å². The molecule has 6 heteroatoms. The van der Waals surface area contributed by atoms with Crippen LogP contribution in [0.4, 0.5) is 18.9 Å². The van der Waals surface area contributed by atoms with Crippen LogP contribution in [0.15, 0.2) is 18.2 Å². The van der Waals surface area contributed by atoms with Crippen molar-refractivity contribution in [3.05, 3.63) is 29.3 Å². The average Bonchev–Trinajstić information content (AvgIpc) is 2.28. The summed E-state index contributed by atoms with van der Waals surface area (Å²) in [6, 6.07) is 3.60. The molecule has 0 aliphatic carbocycles. The van der Waals surface area contributed by atoms with E-state index in [9.17, 15) is 17.4 Å². The van der Waals surface area contributed by atoms with E-state index in [-0.39, 0.29) is 22.3 Å². The summed E-state index contributed by atoms with van der Waals surface area (Å²) in [4.78, 5) is 0. The van der Waals surface area contributed by atoms with Crippen LogP contribution in [0.25, 0.3) is 0 Å². The lowest BCUT2D eigenvalue weighted by Crippen LogP contribution is -2.15. The van der Waals surface area contributed by atoms with Crippen molar-refractivity contribution in [3.8, 4) is 0 Å². The molecule has 18 heavy (non-hydrogen) atoms. The van der Waals surface area contributed by atoms with Crippen LogP contribution in [0.2, 0.25) is 0 Å². The quantitative estimate of drug-likeness (QED) is 0.859. The number of nitrogen functional groups attached to an aromatic ring is 1. The summed E-state index contributed by atoms with van der Waals surface area (Å²) in [7, 11) is -1.31. The number of halogens is 3. The molecular weight excluding hydrogens is 263 g/mol. The van der Waals surface area contributed by atoms with Crippen LogP contribution in [-0.2, 0) is 22.7 Å². The SMILES string of the molecule is CCC(C)S(=O)Cc1ccc(N)cc1C(F)(F)F. The highest BCUT2D eigenvalue weighted by Gasteiger charge is 2.33. The fourth-order valence-corrected chi connectivity index (χ4v) is 2.68. The molecule has 0 aliphatic heterocycles. The molecule has 102 valence electrons. The third-order valence-corrected chi connectivity index (χ3v) is 4.59. The first-order valence-electron chi connectivity index (χ1n) is 5.58. The number of hydrogen-bond acceptors (Lipinski definition) is 2. The molecule has 0 spiro atoms. The molecule has 2 atom stereocenters. The highest BCUT2D eigenvalue weighted by atomic mass is 32.2. The molecule has 2 nitrogen and oxygen atoms in total. The number of nitrogens with two attached hydrogens (primary N) is 1. The first-order chi connectivity index (χ1) is 8.25. The minimum absolute atomic E-state index is 0.0373. The van der Waals surface area contributed by atoms with Gasteiger partial charge in [0.2, 0.25) is 0 Å². The second-order valence-corrected chi connectivity index (χ2v) is 6.01. The summed E-state index contributed by atoms with van der Waals surface area (Å²) < 4.78 is 50.2. The van der Waals surface area contributed by atoms with E-state index in [0.717, 1.165) is 6.07 Å². The van der Waals surface area contributed by atoms with Gasteiger partial charge in [0.05, 0.1) is 5.56 Å². The zero-order valence-electron chi connectivity index (χ0n) is 10.3. The number of hydrogen-bond donors (Lipinski definition) is 1. The molecule has 0 bridgehead atoms. The molecule has 0 saturated carbocycles. The molecular formula is C12H16F3NOS. The Morgan fingerprint density at radius 2 is 2.00 bits per heavy atom. The van der Waals surface area contributed by atoms with Gasteiger partial charge in [-0.2, -0.15) is 13.2 Å². The molecule has 0 radical (unpaired) electrons. The monoisotopic (exact) mass is 279 g/mol. The molecule has 1 aromatic carbocycles. The third-order valence-electron chi connectivity index (χ3n) is 2.76. The van der Waals surface area contributed by atoms with E-state index < -0.39 is 22.5 Å². The minimum atomic E-state index is -4.47. The van der Waals surface area contributed by atoms with Gasteiger partial charge in [0, 0.05) is 27.5 Å². The Morgan fingerprint density at radius 3 is 2.50 bits per heavy atom. The van der Waals surface area contributed by atoms with Gasteiger partial charge < -0.3 is 5.73 Å². The topological polar surface area (TPSA) is 43.1 Å². The maximum absolute atomic E-state index is 12.8. The Balaban J connectivity index is 3.06. The third kappa shape index (κ3) is 3.73. The van der Waals surface area contributed by atoms with Crippen molar-refractivity contribution in [2.45, 2.75) is 37.4 Å². The summed E-state index contributed by atoms with van der Waals surface area (Å²) in [5.74, 6) is -0.0931. The number of alkyl halides is 3. The second-order valence-electron chi connectivity index (χ2n) is 4.16. The Kier molecular flexibility index (Phi) is 4.78. The number of benzene rings is 1. The molecule has 1 rings (SSSR count). The van der Waals surface area contributed by atoms with E-state index in [4.69, 9.17) is 5.73 Å². The zero-order chi connectivity index (χ0) is 13.9. The summed E-state index contributed by atoms with van der Waals surface area (Å²) in [5, 5.41) is -0.122. The first-order valence-corrected chi connectivity index (χ1v) is 6.96. The van der Waals surface area contributed by atoms with E-state index in [1.807, 2.05) is 6.92 Å². The maximum Gasteiger partial charge on any atom is 0.416 e. The fourth-order valence-electron chi connectivity index (χ4n) is 1.47. The van der Waals surface area contributed by atoms with Gasteiger partial charge in [-0.3, -0.25) is 4.21 Å². The first kappa shape index (κ1) is 15.0. The normalized spacial score (nSPS) is 15.4. The molecule has 0 saturated heterocycles. The predicted octanol–water partition coefficient (Wildman–Crippen LogP) is 3.33. The maximum atomic E-state index is 12.8. The van der Waals surface area contributed by atoms with Crippen LogP contribution < -0.4 is 5.73 Å². The highest BCUT2D eigenvalue weighted by molar-refractivity contribution is 7.84. The number of anilines is 1. The van der Waals surface area contributed by atoms with Gasteiger partial charge in [0.25, 0.3) is 0 Å². The predicted molar refractivity (Wildman–Crippen MR) is 67.5 cm³/mol. The van der Waals surface area contributed by atoms with Gasteiger partial charge >= 0.3 is 6.18 Å². The van der Waals surface area contributed by atoms with Crippen molar-refractivity contribution in [1.29, 1.82) is 0 Å². The zero-order valence-corrected chi connectivity index (χ0v) is 11.1. The summed E-state index contributed by atoms with van der Waals surface area (Å²) in [6.45, 7) is 3.62. The van der Waals surface area contributed by atoms with Gasteiger partial charge in [-0.15, -0.1) is 0 Å². The van der Waals surface area contributed by atoms with Crippen LogP contribution in [-0.4, -0.2) is 9.46 Å². The van der Waals surface area contributed by atoms with Gasteiger partial charge in [-0.25, -0.2) is 0 Å². The van der Waals surface area contributed by atoms with Crippen LogP contribution in [0.5, 0.6) is 0 Å². The smallest absolute Gasteiger partial charge is 0.399 e. The van der Waals surface area contributed by atoms with Crippen molar-refractivity contribution < 1.29 is 17.4 Å². The molecule has 0 amide bonds. The van der Waals surface area contributed by atoms with E-state index in [2.05, 4.69) is 0 Å². The summed E-state index contributed by atoms with van der Waals surface area (Å²) in [5.41, 5.74) is 4.67. The van der Waals surface area contributed by atoms with Crippen LogP contribution in [0.3, 0.4) is 0 Å². The van der Waals surface area contributed by atoms with E-state index in [1.165, 1.54) is 12.1 Å². The van der Waals surface area contributed by atoms with Crippen LogP contribution >= 0.6 is 0 Å². The fraction of sp³-hybridized carbons (Fsp3) is 0.500. The van der Waals surface area contributed by atoms with Crippen molar-refractivity contribution in [2.75, 3.05) is 5.73 Å². The van der Waals surface area contributed by atoms with E-state index in [1.54, 1.807) is 6.92 Å². The molecule has 0 aromatic heterocycles. The lowest BCUT2D eigenvalue weighted by molar-refractivity contribution is -0.138. The largest absolute Gasteiger partial charge is 0.416 e. The van der Waals surface area contributed by atoms with Gasteiger partial charge in [0.15, 0.2) is 0 Å². The van der Waals surface area contributed by atoms with Crippen molar-refractivity contribution in [2.24, 2.45) is 0 Å². The Labute approximate surface area is 107 Å². The lowest BCUT2D eigenvalue weighted by Gasteiger charge is -2.15. The van der Waals surface area contributed by atoms with Crippen molar-refractivity contribution >= 4 is 16.5 Å². The molecule has 0 fully saturated rings. The van der Waals surface area contributed by atoms with Gasteiger partial charge in [-0.1, -0.05) is 19.9 Å². The van der Waals surface area contributed by atoms with Gasteiger partial charge in [0.1, 0.15) is 0 Å². The summed E-state index contributed by atoms with van der Waals surface area (Å²) >= 11 is 0. The van der Waals surface area contributed by atoms with E-state index in [0.29, 0.717) is 6.42 Å². The average molecular weight is 279 g/mol. The lowest BCUT2D eigenvalue weighted by atomic mass is 10.1. The summed E-state index contributed by atoms with van der Waals surface area (Å²) in [6.07, 6.45) is -3.80. The molecule has 2 N–H and O–H groups in total. The highest BCUT2D eigenvalue weighted by Crippen LogP contribution is 2.34. The van der Waals surface area contributed by atoms with Crippen LogP contribution in [0.1, 0.15) is 31.4 Å². The molecule has 1 aromatic rings. The Hall–Kier alpha value is -1.04. The van der Waals surface area contributed by atoms with Crippen molar-refractivity contribution in [1.82, 2.24) is 0 Å². The second kappa shape index (κ2) is 5.73. The number of rotatable bonds is 4. The van der Waals surface area contributed by atoms with Crippen LogP contribution in [0, 0.1) is 0 Å². The molecule has 0 heterocycles. The standard InChI is InChI=1S/C12H16F3NOS/c1-3-8(2)18(17)7-9-4-5-10(16)6-11(9)12(13,14)15/h4-6,8H,3,7,16H2,1-2H3. The Morgan fingerprint density at radius 1 is 1.39 bits per heavy atom. The molecule has 0 aliphatic rings. The Bertz CT molecular complexity index is 445.